The highest BCUT2D eigenvalue weighted by atomic mass is 32.2. The number of hydrogen-bond donors (Lipinski definition) is 1. The lowest BCUT2D eigenvalue weighted by atomic mass is 10.1. The van der Waals surface area contributed by atoms with Gasteiger partial charge in [-0.2, -0.15) is 0 Å². The minimum absolute atomic E-state index is 0.143. The van der Waals surface area contributed by atoms with Crippen LogP contribution in [-0.2, 0) is 0 Å². The molecule has 0 aliphatic carbocycles. The molecule has 0 spiro atoms. The Hall–Kier alpha value is -2.79. The zero-order chi connectivity index (χ0) is 17.1. The number of amidine groups is 1. The van der Waals surface area contributed by atoms with E-state index in [2.05, 4.69) is 10.3 Å². The first-order chi connectivity index (χ1) is 12.3. The molecule has 1 saturated heterocycles. The van der Waals surface area contributed by atoms with Crippen molar-refractivity contribution in [3.8, 4) is 0 Å². The summed E-state index contributed by atoms with van der Waals surface area (Å²) in [6.45, 7) is 0.660. The number of carbonyl (C=O) groups excluding carboxylic acids is 1. The number of rotatable bonds is 2. The first-order valence-corrected chi connectivity index (χ1v) is 9.13. The largest absolute Gasteiger partial charge is 0.327 e. The number of urea groups is 1. The Labute approximate surface area is 150 Å². The smallest absolute Gasteiger partial charge is 0.307 e. The van der Waals surface area contributed by atoms with Crippen molar-refractivity contribution < 1.29 is 4.79 Å². The first-order valence-electron chi connectivity index (χ1n) is 8.14. The monoisotopic (exact) mass is 347 g/mol. The number of carbonyl (C=O) groups is 1. The normalized spacial score (nSPS) is 15.7. The molecule has 0 aromatic heterocycles. The van der Waals surface area contributed by atoms with Crippen molar-refractivity contribution in [2.75, 3.05) is 17.6 Å². The Bertz CT molecular complexity index is 935. The third kappa shape index (κ3) is 3.37. The van der Waals surface area contributed by atoms with Crippen LogP contribution in [0.3, 0.4) is 0 Å². The van der Waals surface area contributed by atoms with E-state index in [0.29, 0.717) is 6.54 Å². The second kappa shape index (κ2) is 6.99. The van der Waals surface area contributed by atoms with Crippen LogP contribution in [0.5, 0.6) is 0 Å². The highest BCUT2D eigenvalue weighted by Crippen LogP contribution is 2.26. The number of hydrogen-bond acceptors (Lipinski definition) is 3. The van der Waals surface area contributed by atoms with Crippen molar-refractivity contribution in [2.24, 2.45) is 4.99 Å². The van der Waals surface area contributed by atoms with Crippen LogP contribution >= 0.6 is 11.8 Å². The molecule has 5 heteroatoms. The van der Waals surface area contributed by atoms with E-state index in [0.717, 1.165) is 33.1 Å². The molecule has 0 radical (unpaired) electrons. The molecular weight excluding hydrogens is 330 g/mol. The molecule has 25 heavy (non-hydrogen) atoms. The van der Waals surface area contributed by atoms with Gasteiger partial charge in [0, 0.05) is 17.7 Å². The molecule has 2 amide bonds. The summed E-state index contributed by atoms with van der Waals surface area (Å²) in [5.41, 5.74) is 1.67. The lowest BCUT2D eigenvalue weighted by molar-refractivity contribution is 0.236. The van der Waals surface area contributed by atoms with Gasteiger partial charge < -0.3 is 5.32 Å². The molecule has 0 atom stereocenters. The van der Waals surface area contributed by atoms with Crippen molar-refractivity contribution in [3.63, 3.8) is 0 Å². The lowest BCUT2D eigenvalue weighted by Crippen LogP contribution is -2.35. The van der Waals surface area contributed by atoms with Crippen LogP contribution in [0.1, 0.15) is 0 Å². The fraction of sp³-hybridized carbons (Fsp3) is 0.100. The molecule has 0 saturated carbocycles. The molecular formula is C20H17N3OS. The second-order valence-corrected chi connectivity index (χ2v) is 6.75. The highest BCUT2D eigenvalue weighted by molar-refractivity contribution is 8.14. The van der Waals surface area contributed by atoms with Gasteiger partial charge in [0.25, 0.3) is 0 Å². The van der Waals surface area contributed by atoms with Gasteiger partial charge in [-0.25, -0.2) is 9.79 Å². The molecule has 1 aliphatic heterocycles. The Morgan fingerprint density at radius 2 is 1.72 bits per heavy atom. The number of thioether (sulfide) groups is 1. The van der Waals surface area contributed by atoms with Gasteiger partial charge in [0.2, 0.25) is 0 Å². The maximum absolute atomic E-state index is 12.8. The molecule has 4 rings (SSSR count). The zero-order valence-electron chi connectivity index (χ0n) is 13.6. The molecule has 1 fully saturated rings. The summed E-state index contributed by atoms with van der Waals surface area (Å²) < 4.78 is 0. The molecule has 4 nitrogen and oxygen atoms in total. The number of benzene rings is 3. The fourth-order valence-electron chi connectivity index (χ4n) is 2.81. The number of amides is 2. The number of fused-ring (bicyclic) bond motifs is 1. The van der Waals surface area contributed by atoms with Crippen LogP contribution in [0.2, 0.25) is 0 Å². The summed E-state index contributed by atoms with van der Waals surface area (Å²) in [5.74, 6) is 0.856. The molecule has 3 aromatic rings. The maximum Gasteiger partial charge on any atom is 0.327 e. The third-order valence-corrected chi connectivity index (χ3v) is 4.99. The van der Waals surface area contributed by atoms with Crippen molar-refractivity contribution in [1.82, 2.24) is 4.90 Å². The summed E-state index contributed by atoms with van der Waals surface area (Å²) in [6, 6.07) is 23.5. The average Bonchev–Trinajstić information content (AvgIpc) is 3.11. The number of nitrogens with one attached hydrogen (secondary N) is 1. The first kappa shape index (κ1) is 15.7. The number of anilines is 1. The van der Waals surface area contributed by atoms with E-state index in [4.69, 9.17) is 0 Å². The van der Waals surface area contributed by atoms with Gasteiger partial charge in [-0.1, -0.05) is 66.4 Å². The van der Waals surface area contributed by atoms with E-state index < -0.39 is 0 Å². The molecule has 0 unspecified atom stereocenters. The number of para-hydroxylation sites is 1. The van der Waals surface area contributed by atoms with Crippen LogP contribution in [0, 0.1) is 0 Å². The Morgan fingerprint density at radius 3 is 2.60 bits per heavy atom. The predicted molar refractivity (Wildman–Crippen MR) is 106 cm³/mol. The summed E-state index contributed by atoms with van der Waals surface area (Å²) in [7, 11) is 0. The Balaban J connectivity index is 1.59. The SMILES string of the molecule is O=C(Nc1cccc2ccccc12)N1CCSC1=Nc1ccccc1. The minimum atomic E-state index is -0.143. The summed E-state index contributed by atoms with van der Waals surface area (Å²) in [5, 5.41) is 5.92. The third-order valence-electron chi connectivity index (χ3n) is 4.03. The van der Waals surface area contributed by atoms with E-state index in [9.17, 15) is 4.79 Å². The summed E-state index contributed by atoms with van der Waals surface area (Å²) in [4.78, 5) is 19.1. The summed E-state index contributed by atoms with van der Waals surface area (Å²) >= 11 is 1.60. The van der Waals surface area contributed by atoms with Crippen LogP contribution < -0.4 is 5.32 Å². The fourth-order valence-corrected chi connectivity index (χ4v) is 3.77. The van der Waals surface area contributed by atoms with E-state index in [1.54, 1.807) is 16.7 Å². The van der Waals surface area contributed by atoms with Gasteiger partial charge in [0.05, 0.1) is 11.4 Å². The summed E-state index contributed by atoms with van der Waals surface area (Å²) in [6.07, 6.45) is 0. The molecule has 3 aromatic carbocycles. The predicted octanol–water partition coefficient (Wildman–Crippen LogP) is 5.11. The highest BCUT2D eigenvalue weighted by Gasteiger charge is 2.26. The standard InChI is InChI=1S/C20H17N3OS/c24-19(22-18-12-6-8-15-7-4-5-11-17(15)18)23-13-14-25-20(23)21-16-9-2-1-3-10-16/h1-12H,13-14H2,(H,22,24). The van der Waals surface area contributed by atoms with Crippen LogP contribution in [0.25, 0.3) is 10.8 Å². The Morgan fingerprint density at radius 1 is 0.960 bits per heavy atom. The quantitative estimate of drug-likeness (QED) is 0.700. The minimum Gasteiger partial charge on any atom is -0.307 e. The van der Waals surface area contributed by atoms with Crippen LogP contribution in [0.15, 0.2) is 77.8 Å². The van der Waals surface area contributed by atoms with Gasteiger partial charge in [0.1, 0.15) is 0 Å². The molecule has 1 heterocycles. The molecule has 124 valence electrons. The van der Waals surface area contributed by atoms with Gasteiger partial charge in [-0.3, -0.25) is 4.90 Å². The topological polar surface area (TPSA) is 44.7 Å². The van der Waals surface area contributed by atoms with Crippen LogP contribution in [0.4, 0.5) is 16.2 Å². The van der Waals surface area contributed by atoms with Gasteiger partial charge in [-0.15, -0.1) is 0 Å². The lowest BCUT2D eigenvalue weighted by Gasteiger charge is -2.17. The van der Waals surface area contributed by atoms with E-state index >= 15 is 0 Å². The van der Waals surface area contributed by atoms with E-state index in [1.807, 2.05) is 72.8 Å². The average molecular weight is 347 g/mol. The molecule has 0 bridgehead atoms. The van der Waals surface area contributed by atoms with Crippen molar-refractivity contribution in [3.05, 3.63) is 72.8 Å². The van der Waals surface area contributed by atoms with Gasteiger partial charge in [0.15, 0.2) is 5.17 Å². The van der Waals surface area contributed by atoms with Crippen molar-refractivity contribution in [2.45, 2.75) is 0 Å². The zero-order valence-corrected chi connectivity index (χ0v) is 14.4. The second-order valence-electron chi connectivity index (χ2n) is 5.69. The Kier molecular flexibility index (Phi) is 4.39. The number of aliphatic imine (C=N–C) groups is 1. The van der Waals surface area contributed by atoms with Gasteiger partial charge in [-0.05, 0) is 23.6 Å². The van der Waals surface area contributed by atoms with Crippen molar-refractivity contribution in [1.29, 1.82) is 0 Å². The van der Waals surface area contributed by atoms with Crippen molar-refractivity contribution >= 4 is 45.1 Å². The van der Waals surface area contributed by atoms with Crippen LogP contribution in [-0.4, -0.2) is 28.4 Å². The van der Waals surface area contributed by atoms with E-state index in [1.165, 1.54) is 0 Å². The van der Waals surface area contributed by atoms with E-state index in [-0.39, 0.29) is 6.03 Å². The molecule has 1 N–H and O–H groups in total. The maximum atomic E-state index is 12.8. The van der Waals surface area contributed by atoms with Gasteiger partial charge >= 0.3 is 6.03 Å². The molecule has 1 aliphatic rings. The number of nitrogens with zero attached hydrogens (tertiary/aromatic N) is 2.